The van der Waals surface area contributed by atoms with Crippen LogP contribution in [-0.2, 0) is 11.2 Å². The Bertz CT molecular complexity index is 424. The minimum atomic E-state index is -0.185. The summed E-state index contributed by atoms with van der Waals surface area (Å²) in [5.74, 6) is 1.51. The second-order valence-electron chi connectivity index (χ2n) is 3.98. The van der Waals surface area contributed by atoms with Gasteiger partial charge in [0.1, 0.15) is 22.3 Å². The standard InChI is InChI=1S/C11H15BrN4O/c1-2-9-15-8(12)6-10(16-9)14-7-4-3-5-13-11(7)17/h6-7H,2-5H2,1H3,(H,13,17)(H,14,15,16). The van der Waals surface area contributed by atoms with E-state index < -0.39 is 0 Å². The number of nitrogens with zero attached hydrogens (tertiary/aromatic N) is 2. The van der Waals surface area contributed by atoms with E-state index >= 15 is 0 Å². The topological polar surface area (TPSA) is 66.9 Å². The van der Waals surface area contributed by atoms with Gasteiger partial charge in [-0.05, 0) is 28.8 Å². The van der Waals surface area contributed by atoms with E-state index in [9.17, 15) is 4.79 Å². The number of amides is 1. The van der Waals surface area contributed by atoms with Gasteiger partial charge in [0.05, 0.1) is 0 Å². The molecule has 17 heavy (non-hydrogen) atoms. The molecule has 0 bridgehead atoms. The van der Waals surface area contributed by atoms with Gasteiger partial charge in [0.15, 0.2) is 0 Å². The van der Waals surface area contributed by atoms with Crippen LogP contribution in [0.25, 0.3) is 0 Å². The van der Waals surface area contributed by atoms with E-state index in [1.807, 2.05) is 6.92 Å². The van der Waals surface area contributed by atoms with Crippen molar-refractivity contribution >= 4 is 27.7 Å². The summed E-state index contributed by atoms with van der Waals surface area (Å²) in [4.78, 5) is 20.2. The van der Waals surface area contributed by atoms with Gasteiger partial charge in [-0.25, -0.2) is 9.97 Å². The summed E-state index contributed by atoms with van der Waals surface area (Å²) in [5.41, 5.74) is 0. The third kappa shape index (κ3) is 3.15. The maximum atomic E-state index is 11.6. The van der Waals surface area contributed by atoms with Crippen molar-refractivity contribution in [1.29, 1.82) is 0 Å². The van der Waals surface area contributed by atoms with Crippen molar-refractivity contribution in [2.75, 3.05) is 11.9 Å². The molecular weight excluding hydrogens is 284 g/mol. The van der Waals surface area contributed by atoms with Crippen LogP contribution in [0.4, 0.5) is 5.82 Å². The zero-order valence-electron chi connectivity index (χ0n) is 9.66. The van der Waals surface area contributed by atoms with Gasteiger partial charge in [-0.1, -0.05) is 6.92 Å². The van der Waals surface area contributed by atoms with Crippen molar-refractivity contribution in [1.82, 2.24) is 15.3 Å². The molecule has 1 saturated heterocycles. The average Bonchev–Trinajstić information content (AvgIpc) is 2.31. The summed E-state index contributed by atoms with van der Waals surface area (Å²) in [6.45, 7) is 2.77. The molecule has 0 saturated carbocycles. The van der Waals surface area contributed by atoms with Crippen LogP contribution in [0.3, 0.4) is 0 Å². The molecule has 2 heterocycles. The molecule has 1 aromatic heterocycles. The molecule has 1 amide bonds. The fraction of sp³-hybridized carbons (Fsp3) is 0.545. The highest BCUT2D eigenvalue weighted by Gasteiger charge is 2.22. The van der Waals surface area contributed by atoms with Crippen LogP contribution in [-0.4, -0.2) is 28.5 Å². The lowest BCUT2D eigenvalue weighted by Crippen LogP contribution is -2.44. The average molecular weight is 299 g/mol. The molecule has 2 N–H and O–H groups in total. The van der Waals surface area contributed by atoms with Gasteiger partial charge in [-0.15, -0.1) is 0 Å². The molecule has 1 atom stereocenters. The number of rotatable bonds is 3. The van der Waals surface area contributed by atoms with Crippen molar-refractivity contribution in [3.8, 4) is 0 Å². The molecule has 0 spiro atoms. The smallest absolute Gasteiger partial charge is 0.242 e. The van der Waals surface area contributed by atoms with Crippen LogP contribution < -0.4 is 10.6 Å². The summed E-state index contributed by atoms with van der Waals surface area (Å²) in [6, 6.07) is 1.61. The number of carbonyl (C=O) groups excluding carboxylic acids is 1. The highest BCUT2D eigenvalue weighted by molar-refractivity contribution is 9.10. The lowest BCUT2D eigenvalue weighted by molar-refractivity contribution is -0.123. The zero-order chi connectivity index (χ0) is 12.3. The monoisotopic (exact) mass is 298 g/mol. The van der Waals surface area contributed by atoms with Gasteiger partial charge >= 0.3 is 0 Å². The van der Waals surface area contributed by atoms with Crippen molar-refractivity contribution < 1.29 is 4.79 Å². The van der Waals surface area contributed by atoms with Gasteiger partial charge in [0.25, 0.3) is 0 Å². The Morgan fingerprint density at radius 1 is 1.59 bits per heavy atom. The third-order valence-corrected chi connectivity index (χ3v) is 3.07. The van der Waals surface area contributed by atoms with Crippen molar-refractivity contribution in [3.05, 3.63) is 16.5 Å². The molecule has 0 aliphatic carbocycles. The first kappa shape index (κ1) is 12.3. The second kappa shape index (κ2) is 5.44. The van der Waals surface area contributed by atoms with E-state index in [1.165, 1.54) is 0 Å². The number of aromatic nitrogens is 2. The second-order valence-corrected chi connectivity index (χ2v) is 4.79. The third-order valence-electron chi connectivity index (χ3n) is 2.66. The van der Waals surface area contributed by atoms with E-state index in [0.717, 1.165) is 36.2 Å². The molecule has 1 unspecified atom stereocenters. The van der Waals surface area contributed by atoms with Crippen molar-refractivity contribution in [2.24, 2.45) is 0 Å². The van der Waals surface area contributed by atoms with Crippen LogP contribution in [0, 0.1) is 0 Å². The number of carbonyl (C=O) groups is 1. The largest absolute Gasteiger partial charge is 0.358 e. The Hall–Kier alpha value is -1.17. The van der Waals surface area contributed by atoms with E-state index in [4.69, 9.17) is 0 Å². The molecular formula is C11H15BrN4O. The number of halogens is 1. The molecule has 5 nitrogen and oxygen atoms in total. The van der Waals surface area contributed by atoms with Crippen LogP contribution in [0.15, 0.2) is 10.7 Å². The van der Waals surface area contributed by atoms with Crippen molar-refractivity contribution in [2.45, 2.75) is 32.2 Å². The predicted molar refractivity (Wildman–Crippen MR) is 68.8 cm³/mol. The quantitative estimate of drug-likeness (QED) is 0.830. The minimum absolute atomic E-state index is 0.0454. The fourth-order valence-electron chi connectivity index (χ4n) is 1.79. The first-order valence-electron chi connectivity index (χ1n) is 5.76. The predicted octanol–water partition coefficient (Wildman–Crippen LogP) is 1.49. The van der Waals surface area contributed by atoms with Crippen LogP contribution in [0.2, 0.25) is 0 Å². The van der Waals surface area contributed by atoms with Crippen LogP contribution in [0.1, 0.15) is 25.6 Å². The zero-order valence-corrected chi connectivity index (χ0v) is 11.2. The number of nitrogens with one attached hydrogen (secondary N) is 2. The van der Waals surface area contributed by atoms with Gasteiger partial charge in [0.2, 0.25) is 5.91 Å². The molecule has 1 fully saturated rings. The summed E-state index contributed by atoms with van der Waals surface area (Å²) < 4.78 is 0.739. The van der Waals surface area contributed by atoms with E-state index in [0.29, 0.717) is 5.82 Å². The van der Waals surface area contributed by atoms with Gasteiger partial charge in [-0.3, -0.25) is 4.79 Å². The molecule has 0 radical (unpaired) electrons. The maximum absolute atomic E-state index is 11.6. The highest BCUT2D eigenvalue weighted by atomic mass is 79.9. The summed E-state index contributed by atoms with van der Waals surface area (Å²) in [5, 5.41) is 5.99. The Labute approximate surface area is 109 Å². The number of hydrogen-bond donors (Lipinski definition) is 2. The maximum Gasteiger partial charge on any atom is 0.242 e. The number of aryl methyl sites for hydroxylation is 1. The SMILES string of the molecule is CCc1nc(Br)cc(NC2CCCNC2=O)n1. The van der Waals surface area contributed by atoms with Crippen LogP contribution >= 0.6 is 15.9 Å². The minimum Gasteiger partial charge on any atom is -0.358 e. The number of anilines is 1. The molecule has 2 rings (SSSR count). The Kier molecular flexibility index (Phi) is 3.93. The van der Waals surface area contributed by atoms with E-state index in [2.05, 4.69) is 36.5 Å². The normalized spacial score (nSPS) is 19.9. The summed E-state index contributed by atoms with van der Waals surface area (Å²) in [6.07, 6.45) is 2.61. The van der Waals surface area contributed by atoms with Gasteiger partial charge in [-0.2, -0.15) is 0 Å². The fourth-order valence-corrected chi connectivity index (χ4v) is 2.21. The summed E-state index contributed by atoms with van der Waals surface area (Å²) >= 11 is 3.34. The molecule has 1 aromatic rings. The number of piperidine rings is 1. The van der Waals surface area contributed by atoms with E-state index in [1.54, 1.807) is 6.07 Å². The highest BCUT2D eigenvalue weighted by Crippen LogP contribution is 2.15. The Balaban J connectivity index is 2.11. The van der Waals surface area contributed by atoms with Crippen molar-refractivity contribution in [3.63, 3.8) is 0 Å². The van der Waals surface area contributed by atoms with E-state index in [-0.39, 0.29) is 11.9 Å². The molecule has 92 valence electrons. The van der Waals surface area contributed by atoms with Gasteiger partial charge < -0.3 is 10.6 Å². The first-order valence-corrected chi connectivity index (χ1v) is 6.56. The molecule has 0 aromatic carbocycles. The first-order chi connectivity index (χ1) is 8.19. The molecule has 6 heteroatoms. The lowest BCUT2D eigenvalue weighted by atomic mass is 10.1. The summed E-state index contributed by atoms with van der Waals surface area (Å²) in [7, 11) is 0. The molecule has 1 aliphatic rings. The Morgan fingerprint density at radius 2 is 2.41 bits per heavy atom. The Morgan fingerprint density at radius 3 is 3.12 bits per heavy atom. The van der Waals surface area contributed by atoms with Gasteiger partial charge in [0, 0.05) is 19.0 Å². The lowest BCUT2D eigenvalue weighted by Gasteiger charge is -2.23. The van der Waals surface area contributed by atoms with Crippen LogP contribution in [0.5, 0.6) is 0 Å². The number of hydrogen-bond acceptors (Lipinski definition) is 4. The molecule has 1 aliphatic heterocycles.